The van der Waals surface area contributed by atoms with E-state index in [2.05, 4.69) is 14.2 Å². The molecule has 0 unspecified atom stereocenters. The van der Waals surface area contributed by atoms with Crippen LogP contribution in [0, 0.1) is 11.3 Å². The van der Waals surface area contributed by atoms with Gasteiger partial charge in [-0.25, -0.2) is 4.79 Å². The number of carbonyl (C=O) groups excluding carboxylic acids is 1. The maximum atomic E-state index is 11.6. The summed E-state index contributed by atoms with van der Waals surface area (Å²) in [4.78, 5) is 11.0. The fourth-order valence-electron chi connectivity index (χ4n) is 1.02. The minimum atomic E-state index is -4.16. The molecule has 0 N–H and O–H groups in total. The first-order chi connectivity index (χ1) is 9.01. The Labute approximate surface area is 110 Å². The Morgan fingerprint density at radius 2 is 2.00 bits per heavy atom. The lowest BCUT2D eigenvalue weighted by molar-refractivity contribution is -0.135. The SMILES string of the molecule is CCOC(=O)/C(C#N)=N\OS(=O)(=O)c1ccccc1. The summed E-state index contributed by atoms with van der Waals surface area (Å²) in [5.74, 6) is -1.05. The number of ether oxygens (including phenoxy) is 1. The summed E-state index contributed by atoms with van der Waals surface area (Å²) in [7, 11) is -4.16. The number of benzene rings is 1. The van der Waals surface area contributed by atoms with E-state index in [0.29, 0.717) is 0 Å². The molecule has 0 radical (unpaired) electrons. The highest BCUT2D eigenvalue weighted by atomic mass is 32.2. The molecule has 0 saturated carbocycles. The van der Waals surface area contributed by atoms with Crippen LogP contribution in [-0.2, 0) is 23.9 Å². The first-order valence-electron chi connectivity index (χ1n) is 5.15. The molecular formula is C11H10N2O5S. The van der Waals surface area contributed by atoms with Crippen molar-refractivity contribution in [2.45, 2.75) is 11.8 Å². The largest absolute Gasteiger partial charge is 0.461 e. The molecule has 0 aromatic heterocycles. The Morgan fingerprint density at radius 3 is 2.53 bits per heavy atom. The first kappa shape index (κ1) is 14.7. The monoisotopic (exact) mass is 282 g/mol. The van der Waals surface area contributed by atoms with Crippen molar-refractivity contribution in [3.05, 3.63) is 30.3 Å². The standard InChI is InChI=1S/C11H10N2O5S/c1-2-17-11(14)10(8-12)13-18-19(15,16)9-6-4-3-5-7-9/h3-7H,2H2,1H3/b13-10-. The Morgan fingerprint density at radius 1 is 1.37 bits per heavy atom. The topological polar surface area (TPSA) is 106 Å². The number of hydrogen-bond acceptors (Lipinski definition) is 7. The van der Waals surface area contributed by atoms with E-state index in [1.54, 1.807) is 6.07 Å². The van der Waals surface area contributed by atoms with Crippen molar-refractivity contribution in [3.8, 4) is 6.07 Å². The third-order valence-corrected chi connectivity index (χ3v) is 2.95. The normalized spacial score (nSPS) is 11.5. The Balaban J connectivity index is 2.91. The Bertz CT molecular complexity index is 616. The summed E-state index contributed by atoms with van der Waals surface area (Å²) < 4.78 is 32.1. The van der Waals surface area contributed by atoms with Crippen LogP contribution >= 0.6 is 0 Å². The number of nitriles is 1. The van der Waals surface area contributed by atoms with Gasteiger partial charge in [0.15, 0.2) is 0 Å². The molecule has 0 aliphatic heterocycles. The third kappa shape index (κ3) is 4.08. The molecule has 0 bridgehead atoms. The van der Waals surface area contributed by atoms with E-state index in [1.165, 1.54) is 37.3 Å². The summed E-state index contributed by atoms with van der Waals surface area (Å²) in [6, 6.07) is 8.60. The number of carbonyl (C=O) groups is 1. The maximum absolute atomic E-state index is 11.6. The molecule has 0 heterocycles. The number of esters is 1. The van der Waals surface area contributed by atoms with Crippen LogP contribution in [-0.4, -0.2) is 26.7 Å². The van der Waals surface area contributed by atoms with Gasteiger partial charge in [0.2, 0.25) is 0 Å². The molecule has 0 amide bonds. The third-order valence-electron chi connectivity index (χ3n) is 1.83. The first-order valence-corrected chi connectivity index (χ1v) is 6.56. The average Bonchev–Trinajstić information content (AvgIpc) is 2.40. The molecule has 8 heteroatoms. The second-order valence-corrected chi connectivity index (χ2v) is 4.64. The summed E-state index contributed by atoms with van der Waals surface area (Å²) in [6.45, 7) is 1.57. The van der Waals surface area contributed by atoms with E-state index < -0.39 is 21.8 Å². The van der Waals surface area contributed by atoms with Crippen molar-refractivity contribution >= 4 is 21.8 Å². The molecule has 0 atom stereocenters. The number of rotatable bonds is 5. The van der Waals surface area contributed by atoms with E-state index in [-0.39, 0.29) is 11.5 Å². The van der Waals surface area contributed by atoms with Crippen molar-refractivity contribution in [1.82, 2.24) is 0 Å². The van der Waals surface area contributed by atoms with Crippen molar-refractivity contribution in [1.29, 1.82) is 5.26 Å². The van der Waals surface area contributed by atoms with Gasteiger partial charge >= 0.3 is 16.1 Å². The van der Waals surface area contributed by atoms with Gasteiger partial charge < -0.3 is 4.74 Å². The van der Waals surface area contributed by atoms with E-state index >= 15 is 0 Å². The van der Waals surface area contributed by atoms with Gasteiger partial charge in [-0.15, -0.1) is 0 Å². The number of oxime groups is 1. The molecule has 1 aromatic carbocycles. The molecule has 0 spiro atoms. The van der Waals surface area contributed by atoms with E-state index in [4.69, 9.17) is 5.26 Å². The van der Waals surface area contributed by atoms with Crippen molar-refractivity contribution < 1.29 is 22.2 Å². The van der Waals surface area contributed by atoms with Gasteiger partial charge in [0.25, 0.3) is 5.71 Å². The quantitative estimate of drug-likeness (QED) is 0.450. The minimum absolute atomic E-state index is 0.0327. The average molecular weight is 282 g/mol. The molecule has 7 nitrogen and oxygen atoms in total. The summed E-state index contributed by atoms with van der Waals surface area (Å²) in [5, 5.41) is 11.6. The highest BCUT2D eigenvalue weighted by Crippen LogP contribution is 2.11. The van der Waals surface area contributed by atoms with Crippen LogP contribution in [0.15, 0.2) is 40.4 Å². The maximum Gasteiger partial charge on any atom is 0.371 e. The molecular weight excluding hydrogens is 272 g/mol. The van der Waals surface area contributed by atoms with Crippen LogP contribution in [0.25, 0.3) is 0 Å². The van der Waals surface area contributed by atoms with Crippen molar-refractivity contribution in [3.63, 3.8) is 0 Å². The molecule has 0 fully saturated rings. The molecule has 100 valence electrons. The van der Waals surface area contributed by atoms with Gasteiger partial charge in [-0.1, -0.05) is 18.2 Å². The lowest BCUT2D eigenvalue weighted by atomic mass is 10.4. The summed E-state index contributed by atoms with van der Waals surface area (Å²) in [5.41, 5.74) is -0.777. The molecule has 0 aliphatic rings. The highest BCUT2D eigenvalue weighted by molar-refractivity contribution is 7.86. The van der Waals surface area contributed by atoms with Gasteiger partial charge in [-0.3, -0.25) is 4.28 Å². The van der Waals surface area contributed by atoms with E-state index in [0.717, 1.165) is 0 Å². The Hall–Kier alpha value is -2.40. The van der Waals surface area contributed by atoms with Gasteiger partial charge in [-0.05, 0) is 24.2 Å². The molecule has 1 aromatic rings. The van der Waals surface area contributed by atoms with E-state index in [9.17, 15) is 13.2 Å². The zero-order valence-corrected chi connectivity index (χ0v) is 10.8. The molecule has 19 heavy (non-hydrogen) atoms. The lowest BCUT2D eigenvalue weighted by Crippen LogP contribution is -2.17. The molecule has 0 aliphatic carbocycles. The second kappa shape index (κ2) is 6.51. The van der Waals surface area contributed by atoms with Crippen LogP contribution in [0.2, 0.25) is 0 Å². The zero-order chi connectivity index (χ0) is 14.3. The zero-order valence-electron chi connectivity index (χ0n) is 9.94. The predicted octanol–water partition coefficient (Wildman–Crippen LogP) is 0.835. The lowest BCUT2D eigenvalue weighted by Gasteiger charge is -2.01. The van der Waals surface area contributed by atoms with Crippen LogP contribution in [0.1, 0.15) is 6.92 Å². The van der Waals surface area contributed by atoms with E-state index in [1.807, 2.05) is 0 Å². The second-order valence-electron chi connectivity index (χ2n) is 3.11. The fraction of sp³-hybridized carbons (Fsp3) is 0.182. The van der Waals surface area contributed by atoms with Crippen LogP contribution < -0.4 is 0 Å². The predicted molar refractivity (Wildman–Crippen MR) is 64.4 cm³/mol. The smallest absolute Gasteiger partial charge is 0.371 e. The Kier molecular flexibility index (Phi) is 5.02. The summed E-state index contributed by atoms with van der Waals surface area (Å²) in [6.07, 6.45) is 0. The number of hydrogen-bond donors (Lipinski definition) is 0. The van der Waals surface area contributed by atoms with Gasteiger partial charge in [-0.2, -0.15) is 13.7 Å². The summed E-state index contributed by atoms with van der Waals surface area (Å²) >= 11 is 0. The molecule has 0 saturated heterocycles. The van der Waals surface area contributed by atoms with Gasteiger partial charge in [0, 0.05) is 0 Å². The van der Waals surface area contributed by atoms with Gasteiger partial charge in [0.05, 0.1) is 6.61 Å². The van der Waals surface area contributed by atoms with Gasteiger partial charge in [0.1, 0.15) is 11.0 Å². The van der Waals surface area contributed by atoms with Crippen molar-refractivity contribution in [2.75, 3.05) is 6.61 Å². The van der Waals surface area contributed by atoms with Crippen molar-refractivity contribution in [2.24, 2.45) is 5.16 Å². The minimum Gasteiger partial charge on any atom is -0.461 e. The number of nitrogens with zero attached hydrogens (tertiary/aromatic N) is 2. The highest BCUT2D eigenvalue weighted by Gasteiger charge is 2.18. The fourth-order valence-corrected chi connectivity index (χ4v) is 1.77. The van der Waals surface area contributed by atoms with Crippen LogP contribution in [0.5, 0.6) is 0 Å². The van der Waals surface area contributed by atoms with Crippen LogP contribution in [0.3, 0.4) is 0 Å². The van der Waals surface area contributed by atoms with Crippen LogP contribution in [0.4, 0.5) is 0 Å². The molecule has 1 rings (SSSR count).